The molecule has 0 spiro atoms. The summed E-state index contributed by atoms with van der Waals surface area (Å²) >= 11 is 2.81. The van der Waals surface area contributed by atoms with Crippen LogP contribution in [0.1, 0.15) is 29.8 Å². The summed E-state index contributed by atoms with van der Waals surface area (Å²) in [5.41, 5.74) is 1.27. The number of aromatic carboxylic acids is 1. The molecule has 0 unspecified atom stereocenters. The number of carbonyl (C=O) groups is 2. The Morgan fingerprint density at radius 3 is 2.55 bits per heavy atom. The van der Waals surface area contributed by atoms with Gasteiger partial charge in [-0.15, -0.1) is 10.2 Å². The van der Waals surface area contributed by atoms with Crippen LogP contribution in [0.25, 0.3) is 0 Å². The van der Waals surface area contributed by atoms with Gasteiger partial charge in [-0.2, -0.15) is 0 Å². The van der Waals surface area contributed by atoms with Crippen LogP contribution in [0.2, 0.25) is 0 Å². The molecule has 8 heteroatoms. The van der Waals surface area contributed by atoms with Gasteiger partial charge in [0.2, 0.25) is 11.0 Å². The van der Waals surface area contributed by atoms with Gasteiger partial charge in [0.05, 0.1) is 5.56 Å². The second-order valence-corrected chi connectivity index (χ2v) is 7.01. The maximum atomic E-state index is 11.6. The van der Waals surface area contributed by atoms with Gasteiger partial charge in [0.25, 0.3) is 0 Å². The molecule has 1 heterocycles. The van der Waals surface area contributed by atoms with Crippen LogP contribution < -0.4 is 5.32 Å². The Labute approximate surface area is 136 Å². The van der Waals surface area contributed by atoms with Gasteiger partial charge in [-0.3, -0.25) is 4.79 Å². The van der Waals surface area contributed by atoms with Crippen molar-refractivity contribution in [2.24, 2.45) is 5.92 Å². The number of rotatable bonds is 6. The largest absolute Gasteiger partial charge is 0.478 e. The number of aromatic nitrogens is 2. The van der Waals surface area contributed by atoms with Crippen molar-refractivity contribution in [3.63, 3.8) is 0 Å². The SMILES string of the molecule is CC(C)C(=O)Nc1nnc(SCc2ccc(C(=O)O)cc2)s1. The van der Waals surface area contributed by atoms with E-state index >= 15 is 0 Å². The molecule has 1 amide bonds. The molecule has 0 aliphatic rings. The van der Waals surface area contributed by atoms with E-state index < -0.39 is 5.97 Å². The van der Waals surface area contributed by atoms with Gasteiger partial charge < -0.3 is 10.4 Å². The third-order valence-corrected chi connectivity index (χ3v) is 4.77. The highest BCUT2D eigenvalue weighted by Gasteiger charge is 2.11. The minimum absolute atomic E-state index is 0.0861. The summed E-state index contributed by atoms with van der Waals surface area (Å²) in [4.78, 5) is 22.3. The van der Waals surface area contributed by atoms with E-state index in [1.54, 1.807) is 24.3 Å². The fourth-order valence-electron chi connectivity index (χ4n) is 1.46. The first-order valence-corrected chi connectivity index (χ1v) is 8.35. The van der Waals surface area contributed by atoms with Crippen LogP contribution in [0, 0.1) is 5.92 Å². The minimum Gasteiger partial charge on any atom is -0.478 e. The van der Waals surface area contributed by atoms with Crippen LogP contribution in [-0.4, -0.2) is 27.2 Å². The molecular weight excluding hydrogens is 322 g/mol. The Hall–Kier alpha value is -1.93. The van der Waals surface area contributed by atoms with Gasteiger partial charge >= 0.3 is 5.97 Å². The lowest BCUT2D eigenvalue weighted by Gasteiger charge is -2.02. The van der Waals surface area contributed by atoms with Crippen molar-refractivity contribution in [3.05, 3.63) is 35.4 Å². The van der Waals surface area contributed by atoms with Gasteiger partial charge in [0.1, 0.15) is 0 Å². The summed E-state index contributed by atoms with van der Waals surface area (Å²) in [6.45, 7) is 3.62. The Morgan fingerprint density at radius 2 is 1.95 bits per heavy atom. The van der Waals surface area contributed by atoms with Crippen molar-refractivity contribution in [2.75, 3.05) is 5.32 Å². The highest BCUT2D eigenvalue weighted by atomic mass is 32.2. The first kappa shape index (κ1) is 16.4. The number of hydrogen-bond acceptors (Lipinski definition) is 6. The Kier molecular flexibility index (Phi) is 5.51. The van der Waals surface area contributed by atoms with E-state index in [1.807, 2.05) is 13.8 Å². The molecule has 2 rings (SSSR count). The molecule has 116 valence electrons. The minimum atomic E-state index is -0.936. The van der Waals surface area contributed by atoms with Crippen LogP contribution in [-0.2, 0) is 10.5 Å². The Balaban J connectivity index is 1.90. The van der Waals surface area contributed by atoms with Crippen LogP contribution in [0.4, 0.5) is 5.13 Å². The van der Waals surface area contributed by atoms with E-state index in [1.165, 1.54) is 23.1 Å². The molecule has 0 atom stereocenters. The normalized spacial score (nSPS) is 10.7. The quantitative estimate of drug-likeness (QED) is 0.621. The van der Waals surface area contributed by atoms with E-state index in [2.05, 4.69) is 15.5 Å². The van der Waals surface area contributed by atoms with Crippen LogP contribution >= 0.6 is 23.1 Å². The summed E-state index contributed by atoms with van der Waals surface area (Å²) in [5, 5.41) is 20.0. The molecule has 0 saturated carbocycles. The fraction of sp³-hybridized carbons (Fsp3) is 0.286. The summed E-state index contributed by atoms with van der Waals surface area (Å²) in [6, 6.07) is 6.71. The molecule has 0 saturated heterocycles. The number of nitrogens with zero attached hydrogens (tertiary/aromatic N) is 2. The summed E-state index contributed by atoms with van der Waals surface area (Å²) in [5.74, 6) is -0.467. The number of carbonyl (C=O) groups excluding carboxylic acids is 1. The van der Waals surface area contributed by atoms with Gasteiger partial charge in [0.15, 0.2) is 4.34 Å². The zero-order valence-corrected chi connectivity index (χ0v) is 13.7. The van der Waals surface area contributed by atoms with Crippen molar-refractivity contribution in [1.82, 2.24) is 10.2 Å². The monoisotopic (exact) mass is 337 g/mol. The molecule has 2 aromatic rings. The second kappa shape index (κ2) is 7.37. The van der Waals surface area contributed by atoms with E-state index in [-0.39, 0.29) is 17.4 Å². The molecule has 1 aromatic carbocycles. The van der Waals surface area contributed by atoms with Gasteiger partial charge in [-0.25, -0.2) is 4.79 Å². The molecule has 0 radical (unpaired) electrons. The maximum absolute atomic E-state index is 11.6. The molecule has 1 aromatic heterocycles. The lowest BCUT2D eigenvalue weighted by atomic mass is 10.1. The zero-order valence-electron chi connectivity index (χ0n) is 12.1. The first-order chi connectivity index (χ1) is 10.5. The molecule has 2 N–H and O–H groups in total. The van der Waals surface area contributed by atoms with Crippen molar-refractivity contribution < 1.29 is 14.7 Å². The smallest absolute Gasteiger partial charge is 0.335 e. The highest BCUT2D eigenvalue weighted by molar-refractivity contribution is 8.00. The van der Waals surface area contributed by atoms with Crippen molar-refractivity contribution in [1.29, 1.82) is 0 Å². The van der Waals surface area contributed by atoms with E-state index in [9.17, 15) is 9.59 Å². The highest BCUT2D eigenvalue weighted by Crippen LogP contribution is 2.28. The number of benzene rings is 1. The number of amides is 1. The van der Waals surface area contributed by atoms with E-state index in [0.29, 0.717) is 10.9 Å². The lowest BCUT2D eigenvalue weighted by Crippen LogP contribution is -2.17. The third-order valence-electron chi connectivity index (χ3n) is 2.72. The summed E-state index contributed by atoms with van der Waals surface area (Å²) in [6.07, 6.45) is 0. The Bertz CT molecular complexity index is 668. The molecule has 22 heavy (non-hydrogen) atoms. The van der Waals surface area contributed by atoms with Crippen molar-refractivity contribution in [3.8, 4) is 0 Å². The predicted octanol–water partition coefficient (Wildman–Crippen LogP) is 3.12. The molecule has 0 fully saturated rings. The molecule has 0 aliphatic carbocycles. The lowest BCUT2D eigenvalue weighted by molar-refractivity contribution is -0.118. The zero-order chi connectivity index (χ0) is 16.1. The fourth-order valence-corrected chi connectivity index (χ4v) is 3.17. The van der Waals surface area contributed by atoms with Crippen LogP contribution in [0.5, 0.6) is 0 Å². The predicted molar refractivity (Wildman–Crippen MR) is 86.3 cm³/mol. The molecule has 6 nitrogen and oxygen atoms in total. The number of nitrogens with one attached hydrogen (secondary N) is 1. The van der Waals surface area contributed by atoms with Gasteiger partial charge in [-0.1, -0.05) is 49.1 Å². The summed E-state index contributed by atoms with van der Waals surface area (Å²) in [7, 11) is 0. The molecule has 0 bridgehead atoms. The van der Waals surface area contributed by atoms with E-state index in [0.717, 1.165) is 9.90 Å². The average Bonchev–Trinajstić information content (AvgIpc) is 2.93. The topological polar surface area (TPSA) is 92.2 Å². The standard InChI is InChI=1S/C14H15N3O3S2/c1-8(2)11(18)15-13-16-17-14(22-13)21-7-9-3-5-10(6-4-9)12(19)20/h3-6,8H,7H2,1-2H3,(H,19,20)(H,15,16,18). The molecule has 0 aliphatic heterocycles. The average molecular weight is 337 g/mol. The number of thioether (sulfide) groups is 1. The number of carboxylic acid groups (broad SMARTS) is 1. The van der Waals surface area contributed by atoms with Gasteiger partial charge in [-0.05, 0) is 17.7 Å². The molecular formula is C14H15N3O3S2. The first-order valence-electron chi connectivity index (χ1n) is 6.55. The Morgan fingerprint density at radius 1 is 1.27 bits per heavy atom. The van der Waals surface area contributed by atoms with Crippen LogP contribution in [0.3, 0.4) is 0 Å². The number of anilines is 1. The van der Waals surface area contributed by atoms with E-state index in [4.69, 9.17) is 5.11 Å². The van der Waals surface area contributed by atoms with Crippen molar-refractivity contribution >= 4 is 40.1 Å². The third kappa shape index (κ3) is 4.54. The van der Waals surface area contributed by atoms with Crippen molar-refractivity contribution in [2.45, 2.75) is 23.9 Å². The van der Waals surface area contributed by atoms with Gasteiger partial charge in [0, 0.05) is 11.7 Å². The summed E-state index contributed by atoms with van der Waals surface area (Å²) < 4.78 is 0.751. The second-order valence-electron chi connectivity index (χ2n) is 4.81. The number of carboxylic acids is 1. The maximum Gasteiger partial charge on any atom is 0.335 e. The van der Waals surface area contributed by atoms with Crippen LogP contribution in [0.15, 0.2) is 28.6 Å². The number of hydrogen-bond donors (Lipinski definition) is 2.